The average molecular weight is 302 g/mol. The van der Waals surface area contributed by atoms with Gasteiger partial charge in [-0.05, 0) is 33.8 Å². The van der Waals surface area contributed by atoms with Crippen LogP contribution < -0.4 is 0 Å². The largest absolute Gasteiger partial charge is 0.511 e. The number of hydrogen-bond acceptors (Lipinski definition) is 3. The normalized spacial score (nSPS) is 20.5. The van der Waals surface area contributed by atoms with Crippen LogP contribution in [0.4, 0.5) is 0 Å². The van der Waals surface area contributed by atoms with Gasteiger partial charge in [0, 0.05) is 12.1 Å². The number of aliphatic imine (C=N–C) groups is 1. The molecule has 2 rings (SSSR count). The van der Waals surface area contributed by atoms with E-state index in [1.54, 1.807) is 29.2 Å². The lowest BCUT2D eigenvalue weighted by Crippen LogP contribution is -2.42. The van der Waals surface area contributed by atoms with Gasteiger partial charge in [0.25, 0.3) is 5.91 Å². The van der Waals surface area contributed by atoms with Gasteiger partial charge in [0.15, 0.2) is 0 Å². The molecule has 0 spiro atoms. The van der Waals surface area contributed by atoms with Crippen molar-refractivity contribution in [3.8, 4) is 0 Å². The molecule has 0 radical (unpaired) electrons. The molecule has 0 saturated heterocycles. The summed E-state index contributed by atoms with van der Waals surface area (Å²) in [7, 11) is 0. The molecule has 0 aromatic rings. The number of aliphatic hydroxyl groups excluding tert-OH is 1. The summed E-state index contributed by atoms with van der Waals surface area (Å²) in [6.07, 6.45) is 6.92. The van der Waals surface area contributed by atoms with Crippen LogP contribution in [0, 0.1) is 5.92 Å². The van der Waals surface area contributed by atoms with Gasteiger partial charge in [0.05, 0.1) is 23.6 Å². The van der Waals surface area contributed by atoms with E-state index in [0.29, 0.717) is 5.71 Å². The minimum atomic E-state index is -0.524. The van der Waals surface area contributed by atoms with Gasteiger partial charge in [0.2, 0.25) is 5.91 Å². The smallest absolute Gasteiger partial charge is 0.277 e. The first-order chi connectivity index (χ1) is 10.3. The highest BCUT2D eigenvalue weighted by Gasteiger charge is 2.32. The fourth-order valence-corrected chi connectivity index (χ4v) is 2.93. The van der Waals surface area contributed by atoms with Crippen molar-refractivity contribution in [2.75, 3.05) is 0 Å². The third kappa shape index (κ3) is 3.03. The van der Waals surface area contributed by atoms with E-state index in [-0.39, 0.29) is 35.7 Å². The summed E-state index contributed by atoms with van der Waals surface area (Å²) >= 11 is 0. The van der Waals surface area contributed by atoms with Crippen LogP contribution in [0.15, 0.2) is 40.6 Å². The lowest BCUT2D eigenvalue weighted by molar-refractivity contribution is -0.134. The van der Waals surface area contributed by atoms with Gasteiger partial charge in [0.1, 0.15) is 5.76 Å². The highest BCUT2D eigenvalue weighted by Crippen LogP contribution is 2.28. The Kier molecular flexibility index (Phi) is 4.64. The molecule has 2 amide bonds. The molecule has 0 bridgehead atoms. The van der Waals surface area contributed by atoms with Gasteiger partial charge in [-0.3, -0.25) is 9.59 Å². The van der Waals surface area contributed by atoms with Crippen molar-refractivity contribution < 1.29 is 14.7 Å². The lowest BCUT2D eigenvalue weighted by atomic mass is 9.89. The molecule has 1 unspecified atom stereocenters. The Morgan fingerprint density at radius 1 is 1.27 bits per heavy atom. The summed E-state index contributed by atoms with van der Waals surface area (Å²) in [6, 6.07) is 0.0658. The van der Waals surface area contributed by atoms with Crippen LogP contribution in [0.1, 0.15) is 34.1 Å². The second-order valence-electron chi connectivity index (χ2n) is 6.09. The van der Waals surface area contributed by atoms with Gasteiger partial charge < -0.3 is 10.0 Å². The molecule has 5 heteroatoms. The number of nitrogens with zero attached hydrogens (tertiary/aromatic N) is 2. The van der Waals surface area contributed by atoms with E-state index in [1.165, 1.54) is 0 Å². The summed E-state index contributed by atoms with van der Waals surface area (Å²) < 4.78 is 0. The first kappa shape index (κ1) is 16.2. The number of amides is 2. The van der Waals surface area contributed by atoms with E-state index in [4.69, 9.17) is 0 Å². The quantitative estimate of drug-likeness (QED) is 0.867. The fourth-order valence-electron chi connectivity index (χ4n) is 2.93. The first-order valence-corrected chi connectivity index (χ1v) is 7.53. The van der Waals surface area contributed by atoms with E-state index in [2.05, 4.69) is 4.99 Å². The molecule has 2 aliphatic rings. The molecule has 1 aliphatic heterocycles. The highest BCUT2D eigenvalue weighted by atomic mass is 16.3. The maximum atomic E-state index is 12.5. The highest BCUT2D eigenvalue weighted by molar-refractivity contribution is 6.15. The van der Waals surface area contributed by atoms with Crippen molar-refractivity contribution in [1.82, 2.24) is 4.90 Å². The molecule has 1 aliphatic carbocycles. The van der Waals surface area contributed by atoms with Gasteiger partial charge in [-0.1, -0.05) is 18.2 Å². The van der Waals surface area contributed by atoms with Gasteiger partial charge in [-0.15, -0.1) is 0 Å². The average Bonchev–Trinajstić information content (AvgIpc) is 2.42. The molecular weight excluding hydrogens is 280 g/mol. The van der Waals surface area contributed by atoms with Crippen LogP contribution in [-0.2, 0) is 9.59 Å². The number of allylic oxidation sites excluding steroid dienone is 4. The summed E-state index contributed by atoms with van der Waals surface area (Å²) in [6.45, 7) is 7.72. The van der Waals surface area contributed by atoms with Gasteiger partial charge in [-0.25, -0.2) is 4.99 Å². The van der Waals surface area contributed by atoms with E-state index in [9.17, 15) is 14.7 Å². The zero-order valence-corrected chi connectivity index (χ0v) is 13.4. The van der Waals surface area contributed by atoms with Crippen LogP contribution in [-0.4, -0.2) is 39.6 Å². The predicted octanol–water partition coefficient (Wildman–Crippen LogP) is 2.56. The Bertz CT molecular complexity index is 601. The molecule has 0 aromatic carbocycles. The minimum absolute atomic E-state index is 0.0329. The van der Waals surface area contributed by atoms with E-state index >= 15 is 0 Å². The van der Waals surface area contributed by atoms with Crippen LogP contribution in [0.25, 0.3) is 0 Å². The molecule has 0 saturated carbocycles. The number of carbonyl (C=O) groups is 2. The fraction of sp³-hybridized carbons (Fsp3) is 0.471. The van der Waals surface area contributed by atoms with E-state index < -0.39 is 11.8 Å². The molecule has 5 nitrogen and oxygen atoms in total. The number of aliphatic hydroxyl groups is 1. The number of rotatable bonds is 4. The van der Waals surface area contributed by atoms with Crippen molar-refractivity contribution in [3.63, 3.8) is 0 Å². The topological polar surface area (TPSA) is 70.0 Å². The zero-order chi connectivity index (χ0) is 16.4. The maximum absolute atomic E-state index is 12.5. The van der Waals surface area contributed by atoms with E-state index in [1.807, 2.05) is 27.7 Å². The molecule has 118 valence electrons. The molecule has 1 atom stereocenters. The summed E-state index contributed by atoms with van der Waals surface area (Å²) in [5.74, 6) is -1.17. The van der Waals surface area contributed by atoms with Crippen LogP contribution in [0.5, 0.6) is 0 Å². The molecule has 22 heavy (non-hydrogen) atoms. The predicted molar refractivity (Wildman–Crippen MR) is 85.6 cm³/mol. The summed E-state index contributed by atoms with van der Waals surface area (Å²) in [4.78, 5) is 30.3. The monoisotopic (exact) mass is 302 g/mol. The minimum Gasteiger partial charge on any atom is -0.511 e. The van der Waals surface area contributed by atoms with Gasteiger partial charge in [-0.2, -0.15) is 0 Å². The van der Waals surface area contributed by atoms with Crippen molar-refractivity contribution in [2.45, 2.75) is 46.2 Å². The van der Waals surface area contributed by atoms with Crippen molar-refractivity contribution >= 4 is 17.5 Å². The van der Waals surface area contributed by atoms with Crippen molar-refractivity contribution in [1.29, 1.82) is 0 Å². The van der Waals surface area contributed by atoms with Crippen LogP contribution in [0.3, 0.4) is 0 Å². The van der Waals surface area contributed by atoms with E-state index in [0.717, 1.165) is 0 Å². The second-order valence-corrected chi connectivity index (χ2v) is 6.09. The number of fused-ring (bicyclic) bond motifs is 1. The maximum Gasteiger partial charge on any atom is 0.277 e. The van der Waals surface area contributed by atoms with Crippen LogP contribution in [0.2, 0.25) is 0 Å². The Labute approximate surface area is 130 Å². The molecule has 1 N–H and O–H groups in total. The number of hydrogen-bond donors (Lipinski definition) is 1. The first-order valence-electron chi connectivity index (χ1n) is 7.53. The molecule has 1 heterocycles. The third-order valence-corrected chi connectivity index (χ3v) is 3.82. The Balaban J connectivity index is 2.25. The number of carbonyl (C=O) groups excluding carboxylic acids is 2. The SMILES string of the molecule is CC(C)N(C(=O)CC1=C(O)C2C=CC=CC2=NC1=O)C(C)C. The number of dihydropyridines is 1. The summed E-state index contributed by atoms with van der Waals surface area (Å²) in [5.41, 5.74) is 0.621. The Morgan fingerprint density at radius 2 is 1.91 bits per heavy atom. The lowest BCUT2D eigenvalue weighted by Gasteiger charge is -2.31. The molecule has 0 aromatic heterocycles. The van der Waals surface area contributed by atoms with Crippen molar-refractivity contribution in [2.24, 2.45) is 10.9 Å². The van der Waals surface area contributed by atoms with Crippen molar-refractivity contribution in [3.05, 3.63) is 35.6 Å². The second kappa shape index (κ2) is 6.30. The Hall–Kier alpha value is -2.17. The molecule has 0 fully saturated rings. The zero-order valence-electron chi connectivity index (χ0n) is 13.4. The van der Waals surface area contributed by atoms with Crippen LogP contribution >= 0.6 is 0 Å². The standard InChI is InChI=1S/C17H22N2O3/c1-10(2)19(11(3)4)15(20)9-13-16(21)12-7-5-6-8-14(12)18-17(13)22/h5-8,10-12,21H,9H2,1-4H3. The van der Waals surface area contributed by atoms with Gasteiger partial charge >= 0.3 is 0 Å². The molecular formula is C17H22N2O3. The third-order valence-electron chi connectivity index (χ3n) is 3.82. The Morgan fingerprint density at radius 3 is 2.50 bits per heavy atom. The summed E-state index contributed by atoms with van der Waals surface area (Å²) in [5, 5.41) is 10.4.